The number of carbonyl (C=O) groups is 1. The van der Waals surface area contributed by atoms with E-state index in [2.05, 4.69) is 15.4 Å². The van der Waals surface area contributed by atoms with Gasteiger partial charge in [0.1, 0.15) is 18.5 Å². The molecule has 0 spiro atoms. The molecule has 7 heteroatoms. The molecule has 0 aliphatic carbocycles. The van der Waals surface area contributed by atoms with Crippen LogP contribution >= 0.6 is 0 Å². The van der Waals surface area contributed by atoms with Gasteiger partial charge in [0.25, 0.3) is 0 Å². The van der Waals surface area contributed by atoms with Crippen LogP contribution in [0.3, 0.4) is 0 Å². The van der Waals surface area contributed by atoms with Gasteiger partial charge in [0.05, 0.1) is 17.8 Å². The van der Waals surface area contributed by atoms with Gasteiger partial charge in [-0.3, -0.25) is 0 Å². The number of amides is 2. The SMILES string of the molecule is C[C@H](NC(=O)N(C)[C@@H](C)c1ccc(-n2cncn2)cc1)c1ccccc1F. The van der Waals surface area contributed by atoms with Crippen molar-refractivity contribution in [3.05, 3.63) is 78.1 Å². The Morgan fingerprint density at radius 1 is 1.15 bits per heavy atom. The number of rotatable bonds is 5. The van der Waals surface area contributed by atoms with Gasteiger partial charge in [-0.1, -0.05) is 30.3 Å². The zero-order valence-electron chi connectivity index (χ0n) is 15.5. The van der Waals surface area contributed by atoms with Crippen LogP contribution in [0.15, 0.2) is 61.2 Å². The topological polar surface area (TPSA) is 63.1 Å². The normalized spacial score (nSPS) is 13.0. The molecule has 3 rings (SSSR count). The molecule has 1 aromatic heterocycles. The summed E-state index contributed by atoms with van der Waals surface area (Å²) in [5, 5.41) is 6.94. The van der Waals surface area contributed by atoms with Crippen LogP contribution in [0.25, 0.3) is 5.69 Å². The Bertz CT molecular complexity index is 895. The van der Waals surface area contributed by atoms with Gasteiger partial charge in [0, 0.05) is 12.6 Å². The number of nitrogens with zero attached hydrogens (tertiary/aromatic N) is 4. The Labute approximate surface area is 157 Å². The number of hydrogen-bond donors (Lipinski definition) is 1. The predicted molar refractivity (Wildman–Crippen MR) is 101 cm³/mol. The Balaban J connectivity index is 1.66. The van der Waals surface area contributed by atoms with E-state index in [-0.39, 0.29) is 17.9 Å². The smallest absolute Gasteiger partial charge is 0.318 e. The predicted octanol–water partition coefficient (Wildman–Crippen LogP) is 3.87. The molecule has 0 bridgehead atoms. The minimum absolute atomic E-state index is 0.150. The molecule has 27 heavy (non-hydrogen) atoms. The van der Waals surface area contributed by atoms with Crippen molar-refractivity contribution in [1.82, 2.24) is 25.0 Å². The highest BCUT2D eigenvalue weighted by molar-refractivity contribution is 5.75. The maximum absolute atomic E-state index is 13.9. The van der Waals surface area contributed by atoms with Crippen molar-refractivity contribution < 1.29 is 9.18 Å². The molecule has 2 atom stereocenters. The highest BCUT2D eigenvalue weighted by Crippen LogP contribution is 2.22. The van der Waals surface area contributed by atoms with Crippen molar-refractivity contribution in [2.75, 3.05) is 7.05 Å². The lowest BCUT2D eigenvalue weighted by Crippen LogP contribution is -2.40. The van der Waals surface area contributed by atoms with E-state index >= 15 is 0 Å². The van der Waals surface area contributed by atoms with Gasteiger partial charge in [0.2, 0.25) is 0 Å². The van der Waals surface area contributed by atoms with Crippen LogP contribution in [0.1, 0.15) is 37.1 Å². The second kappa shape index (κ2) is 7.99. The Morgan fingerprint density at radius 3 is 2.48 bits per heavy atom. The summed E-state index contributed by atoms with van der Waals surface area (Å²) in [6, 6.07) is 13.4. The van der Waals surface area contributed by atoms with Crippen molar-refractivity contribution >= 4 is 6.03 Å². The first-order valence-electron chi connectivity index (χ1n) is 8.70. The molecule has 1 heterocycles. The fourth-order valence-corrected chi connectivity index (χ4v) is 2.84. The molecule has 0 aliphatic heterocycles. The van der Waals surface area contributed by atoms with Crippen LogP contribution in [0.4, 0.5) is 9.18 Å². The van der Waals surface area contributed by atoms with E-state index in [0.29, 0.717) is 5.56 Å². The first-order valence-corrected chi connectivity index (χ1v) is 8.70. The first-order chi connectivity index (χ1) is 13.0. The van der Waals surface area contributed by atoms with E-state index in [4.69, 9.17) is 0 Å². The summed E-state index contributed by atoms with van der Waals surface area (Å²) in [6.07, 6.45) is 3.10. The molecule has 2 amide bonds. The maximum atomic E-state index is 13.9. The lowest BCUT2D eigenvalue weighted by molar-refractivity contribution is 0.191. The number of nitrogens with one attached hydrogen (secondary N) is 1. The van der Waals surface area contributed by atoms with Crippen molar-refractivity contribution in [2.45, 2.75) is 25.9 Å². The Hall–Kier alpha value is -3.22. The fraction of sp³-hybridized carbons (Fsp3) is 0.250. The van der Waals surface area contributed by atoms with Crippen LogP contribution in [-0.2, 0) is 0 Å². The molecular weight excluding hydrogens is 345 g/mol. The average Bonchev–Trinajstić information content (AvgIpc) is 3.22. The number of carbonyl (C=O) groups excluding carboxylic acids is 1. The van der Waals surface area contributed by atoms with Crippen LogP contribution in [0, 0.1) is 5.82 Å². The molecule has 0 saturated carbocycles. The Morgan fingerprint density at radius 2 is 1.85 bits per heavy atom. The molecule has 0 aliphatic rings. The van der Waals surface area contributed by atoms with Gasteiger partial charge < -0.3 is 10.2 Å². The van der Waals surface area contributed by atoms with Crippen LogP contribution in [-0.4, -0.2) is 32.7 Å². The second-order valence-electron chi connectivity index (χ2n) is 6.41. The molecule has 2 aromatic carbocycles. The lowest BCUT2D eigenvalue weighted by atomic mass is 10.1. The molecule has 140 valence electrons. The van der Waals surface area contributed by atoms with Gasteiger partial charge >= 0.3 is 6.03 Å². The van der Waals surface area contributed by atoms with E-state index in [1.54, 1.807) is 48.1 Å². The third-order valence-corrected chi connectivity index (χ3v) is 4.67. The summed E-state index contributed by atoms with van der Waals surface area (Å²) < 4.78 is 15.6. The third kappa shape index (κ3) is 4.13. The van der Waals surface area contributed by atoms with Gasteiger partial charge in [-0.15, -0.1) is 0 Å². The van der Waals surface area contributed by atoms with Crippen molar-refractivity contribution in [1.29, 1.82) is 0 Å². The van der Waals surface area contributed by atoms with E-state index in [9.17, 15) is 9.18 Å². The number of aromatic nitrogens is 3. The van der Waals surface area contributed by atoms with Gasteiger partial charge in [-0.2, -0.15) is 5.10 Å². The van der Waals surface area contributed by atoms with E-state index in [0.717, 1.165) is 11.3 Å². The van der Waals surface area contributed by atoms with Crippen LogP contribution in [0.2, 0.25) is 0 Å². The lowest BCUT2D eigenvalue weighted by Gasteiger charge is -2.27. The molecule has 3 aromatic rings. The molecule has 0 fully saturated rings. The summed E-state index contributed by atoms with van der Waals surface area (Å²) >= 11 is 0. The minimum atomic E-state index is -0.428. The molecular formula is C20H22FN5O. The molecule has 0 unspecified atom stereocenters. The molecule has 1 N–H and O–H groups in total. The highest BCUT2D eigenvalue weighted by atomic mass is 19.1. The second-order valence-corrected chi connectivity index (χ2v) is 6.41. The maximum Gasteiger partial charge on any atom is 0.318 e. The van der Waals surface area contributed by atoms with E-state index < -0.39 is 6.04 Å². The van der Waals surface area contributed by atoms with Gasteiger partial charge in [-0.25, -0.2) is 18.9 Å². The summed E-state index contributed by atoms with van der Waals surface area (Å²) in [6.45, 7) is 3.71. The number of urea groups is 1. The molecule has 6 nitrogen and oxygen atoms in total. The van der Waals surface area contributed by atoms with E-state index in [1.807, 2.05) is 31.2 Å². The monoisotopic (exact) mass is 367 g/mol. The van der Waals surface area contributed by atoms with Gasteiger partial charge in [0.15, 0.2) is 0 Å². The average molecular weight is 367 g/mol. The quantitative estimate of drug-likeness (QED) is 0.745. The van der Waals surface area contributed by atoms with Crippen LogP contribution < -0.4 is 5.32 Å². The minimum Gasteiger partial charge on any atom is -0.331 e. The van der Waals surface area contributed by atoms with Crippen molar-refractivity contribution in [3.63, 3.8) is 0 Å². The largest absolute Gasteiger partial charge is 0.331 e. The van der Waals surface area contributed by atoms with Crippen molar-refractivity contribution in [2.24, 2.45) is 0 Å². The summed E-state index contributed by atoms with van der Waals surface area (Å²) in [5.74, 6) is -0.329. The summed E-state index contributed by atoms with van der Waals surface area (Å²) in [5.41, 5.74) is 2.34. The molecule has 0 radical (unpaired) electrons. The zero-order valence-corrected chi connectivity index (χ0v) is 15.5. The van der Waals surface area contributed by atoms with Crippen LogP contribution in [0.5, 0.6) is 0 Å². The molecule has 0 saturated heterocycles. The van der Waals surface area contributed by atoms with Crippen molar-refractivity contribution in [3.8, 4) is 5.69 Å². The summed E-state index contributed by atoms with van der Waals surface area (Å²) in [4.78, 5) is 18.1. The standard InChI is InChI=1S/C20H22FN5O/c1-14(18-6-4-5-7-19(18)21)24-20(27)25(3)15(2)16-8-10-17(11-9-16)26-13-22-12-23-26/h4-15H,1-3H3,(H,24,27)/t14-,15-/m0/s1. The van der Waals surface area contributed by atoms with Gasteiger partial charge in [-0.05, 0) is 37.6 Å². The highest BCUT2D eigenvalue weighted by Gasteiger charge is 2.20. The number of hydrogen-bond acceptors (Lipinski definition) is 3. The first kappa shape index (κ1) is 18.6. The number of halogens is 1. The fourth-order valence-electron chi connectivity index (χ4n) is 2.84. The number of benzene rings is 2. The zero-order chi connectivity index (χ0) is 19.4. The van der Waals surface area contributed by atoms with E-state index in [1.165, 1.54) is 12.4 Å². The third-order valence-electron chi connectivity index (χ3n) is 4.67. The Kier molecular flexibility index (Phi) is 5.49. The summed E-state index contributed by atoms with van der Waals surface area (Å²) in [7, 11) is 1.72.